The van der Waals surface area contributed by atoms with Crippen molar-refractivity contribution < 1.29 is 4.79 Å². The molecule has 144 valence electrons. The number of nitrogen functional groups attached to an aromatic ring is 1. The zero-order chi connectivity index (χ0) is 20.0. The van der Waals surface area contributed by atoms with Crippen molar-refractivity contribution in [3.05, 3.63) is 70.5 Å². The normalized spacial score (nSPS) is 12.3. The van der Waals surface area contributed by atoms with E-state index >= 15 is 0 Å². The highest BCUT2D eigenvalue weighted by Crippen LogP contribution is 2.40. The van der Waals surface area contributed by atoms with E-state index in [9.17, 15) is 4.79 Å². The zero-order valence-electron chi connectivity index (χ0n) is 15.7. The Labute approximate surface area is 171 Å². The average molecular weight is 402 g/mol. The second-order valence-corrected chi connectivity index (χ2v) is 7.92. The van der Waals surface area contributed by atoms with Gasteiger partial charge in [0, 0.05) is 22.3 Å². The fraction of sp³-hybridized carbons (Fsp3) is 0.143. The van der Waals surface area contributed by atoms with Crippen LogP contribution in [0, 0.1) is 6.92 Å². The molecule has 4 aromatic rings. The van der Waals surface area contributed by atoms with Crippen molar-refractivity contribution in [1.29, 1.82) is 0 Å². The van der Waals surface area contributed by atoms with Gasteiger partial charge in [0.15, 0.2) is 10.9 Å². The number of para-hydroxylation sites is 1. The highest BCUT2D eigenvalue weighted by molar-refractivity contribution is 7.16. The third-order valence-electron chi connectivity index (χ3n) is 4.97. The van der Waals surface area contributed by atoms with Gasteiger partial charge in [-0.1, -0.05) is 18.2 Å². The Hall–Kier alpha value is -3.52. The van der Waals surface area contributed by atoms with Crippen LogP contribution in [0.15, 0.2) is 48.7 Å². The number of nitrogens with one attached hydrogen (secondary N) is 1. The van der Waals surface area contributed by atoms with Crippen molar-refractivity contribution >= 4 is 28.1 Å². The van der Waals surface area contributed by atoms with E-state index in [0.29, 0.717) is 16.4 Å². The number of rotatable bonds is 3. The smallest absolute Gasteiger partial charge is 0.259 e. The van der Waals surface area contributed by atoms with E-state index in [1.54, 1.807) is 30.5 Å². The third kappa shape index (κ3) is 2.98. The number of aryl methyl sites for hydroxylation is 2. The summed E-state index contributed by atoms with van der Waals surface area (Å²) in [4.78, 5) is 22.9. The van der Waals surface area contributed by atoms with Gasteiger partial charge in [-0.15, -0.1) is 11.3 Å². The second kappa shape index (κ2) is 6.82. The SMILES string of the molecule is Cc1nn(-c2ccccn2)c2c1-c1nc(NC(=O)c3ccccc3N)sc1CC2. The molecule has 8 heteroatoms. The molecule has 1 aromatic carbocycles. The first-order chi connectivity index (χ1) is 14.1. The number of anilines is 2. The number of amides is 1. The van der Waals surface area contributed by atoms with Crippen LogP contribution in [0.4, 0.5) is 10.8 Å². The van der Waals surface area contributed by atoms with Crippen molar-refractivity contribution in [2.75, 3.05) is 11.1 Å². The van der Waals surface area contributed by atoms with E-state index in [2.05, 4.69) is 10.3 Å². The monoisotopic (exact) mass is 402 g/mol. The predicted octanol–water partition coefficient (Wildman–Crippen LogP) is 3.63. The number of carbonyl (C=O) groups excluding carboxylic acids is 1. The number of aromatic nitrogens is 4. The minimum absolute atomic E-state index is 0.254. The summed E-state index contributed by atoms with van der Waals surface area (Å²) < 4.78 is 1.90. The van der Waals surface area contributed by atoms with Crippen LogP contribution in [-0.2, 0) is 12.8 Å². The fourth-order valence-electron chi connectivity index (χ4n) is 3.65. The minimum atomic E-state index is -0.254. The van der Waals surface area contributed by atoms with Gasteiger partial charge < -0.3 is 5.73 Å². The maximum absolute atomic E-state index is 12.6. The maximum Gasteiger partial charge on any atom is 0.259 e. The Morgan fingerprint density at radius 3 is 2.79 bits per heavy atom. The number of pyridine rings is 1. The molecule has 0 fully saturated rings. The van der Waals surface area contributed by atoms with Gasteiger partial charge >= 0.3 is 0 Å². The lowest BCUT2D eigenvalue weighted by Crippen LogP contribution is -2.13. The Morgan fingerprint density at radius 1 is 1.17 bits per heavy atom. The molecule has 7 nitrogen and oxygen atoms in total. The molecular weight excluding hydrogens is 384 g/mol. The second-order valence-electron chi connectivity index (χ2n) is 6.84. The third-order valence-corrected chi connectivity index (χ3v) is 6.00. The van der Waals surface area contributed by atoms with Crippen LogP contribution in [0.25, 0.3) is 17.1 Å². The molecule has 0 bridgehead atoms. The van der Waals surface area contributed by atoms with Gasteiger partial charge in [0.1, 0.15) is 0 Å². The molecule has 0 aliphatic heterocycles. The quantitative estimate of drug-likeness (QED) is 0.510. The van der Waals surface area contributed by atoms with E-state index in [1.165, 1.54) is 11.3 Å². The molecule has 3 aromatic heterocycles. The van der Waals surface area contributed by atoms with Crippen LogP contribution in [-0.4, -0.2) is 25.7 Å². The highest BCUT2D eigenvalue weighted by Gasteiger charge is 2.28. The number of nitrogens with zero attached hydrogens (tertiary/aromatic N) is 4. The molecule has 5 rings (SSSR count). The van der Waals surface area contributed by atoms with E-state index in [0.717, 1.165) is 46.2 Å². The van der Waals surface area contributed by atoms with Crippen LogP contribution >= 0.6 is 11.3 Å². The number of fused-ring (bicyclic) bond motifs is 3. The summed E-state index contributed by atoms with van der Waals surface area (Å²) in [6, 6.07) is 12.8. The Morgan fingerprint density at radius 2 is 2.00 bits per heavy atom. The molecule has 0 saturated carbocycles. The summed E-state index contributed by atoms with van der Waals surface area (Å²) in [5.41, 5.74) is 10.7. The van der Waals surface area contributed by atoms with Crippen LogP contribution in [0.3, 0.4) is 0 Å². The Kier molecular flexibility index (Phi) is 4.13. The lowest BCUT2D eigenvalue weighted by Gasteiger charge is -2.13. The summed E-state index contributed by atoms with van der Waals surface area (Å²) in [6.07, 6.45) is 3.46. The van der Waals surface area contributed by atoms with Gasteiger partial charge in [-0.05, 0) is 44.0 Å². The van der Waals surface area contributed by atoms with Crippen LogP contribution < -0.4 is 11.1 Å². The summed E-state index contributed by atoms with van der Waals surface area (Å²) in [5.74, 6) is 0.541. The molecular formula is C21H18N6OS. The minimum Gasteiger partial charge on any atom is -0.398 e. The molecule has 3 N–H and O–H groups in total. The van der Waals surface area contributed by atoms with E-state index in [1.807, 2.05) is 29.8 Å². The van der Waals surface area contributed by atoms with Gasteiger partial charge in [0.25, 0.3) is 5.91 Å². The molecule has 3 heterocycles. The highest BCUT2D eigenvalue weighted by atomic mass is 32.1. The molecule has 0 saturated heterocycles. The van der Waals surface area contributed by atoms with Crippen LogP contribution in [0.2, 0.25) is 0 Å². The summed E-state index contributed by atoms with van der Waals surface area (Å²) in [6.45, 7) is 1.98. The van der Waals surface area contributed by atoms with E-state index in [4.69, 9.17) is 15.8 Å². The number of benzene rings is 1. The topological polar surface area (TPSA) is 98.7 Å². The molecule has 0 radical (unpaired) electrons. The van der Waals surface area contributed by atoms with Crippen LogP contribution in [0.1, 0.15) is 26.6 Å². The lowest BCUT2D eigenvalue weighted by atomic mass is 9.98. The zero-order valence-corrected chi connectivity index (χ0v) is 16.5. The molecule has 0 spiro atoms. The molecule has 0 atom stereocenters. The van der Waals surface area contributed by atoms with Crippen molar-refractivity contribution in [1.82, 2.24) is 19.7 Å². The molecule has 1 aliphatic carbocycles. The number of nitrogens with two attached hydrogens (primary N) is 1. The van der Waals surface area contributed by atoms with Gasteiger partial charge in [-0.3, -0.25) is 10.1 Å². The molecule has 0 unspecified atom stereocenters. The number of hydrogen-bond acceptors (Lipinski definition) is 6. The predicted molar refractivity (Wildman–Crippen MR) is 113 cm³/mol. The van der Waals surface area contributed by atoms with Crippen molar-refractivity contribution in [3.8, 4) is 17.1 Å². The van der Waals surface area contributed by atoms with Gasteiger partial charge in [0.2, 0.25) is 0 Å². The van der Waals surface area contributed by atoms with Gasteiger partial charge in [0.05, 0.1) is 22.6 Å². The van der Waals surface area contributed by atoms with Crippen molar-refractivity contribution in [2.24, 2.45) is 0 Å². The largest absolute Gasteiger partial charge is 0.398 e. The maximum atomic E-state index is 12.6. The first-order valence-electron chi connectivity index (χ1n) is 9.27. The number of carbonyl (C=O) groups is 1. The lowest BCUT2D eigenvalue weighted by molar-refractivity contribution is 0.102. The van der Waals surface area contributed by atoms with Gasteiger partial charge in [-0.2, -0.15) is 5.10 Å². The first kappa shape index (κ1) is 17.6. The first-order valence-corrected chi connectivity index (χ1v) is 10.1. The van der Waals surface area contributed by atoms with E-state index in [-0.39, 0.29) is 5.91 Å². The van der Waals surface area contributed by atoms with Gasteiger partial charge in [-0.25, -0.2) is 14.6 Å². The number of thiazole rings is 1. The molecule has 1 amide bonds. The number of hydrogen-bond donors (Lipinski definition) is 2. The summed E-state index contributed by atoms with van der Waals surface area (Å²) in [7, 11) is 0. The molecule has 1 aliphatic rings. The van der Waals surface area contributed by atoms with Crippen molar-refractivity contribution in [3.63, 3.8) is 0 Å². The standard InChI is InChI=1S/C21H18N6OS/c1-12-18-15(27(26-12)17-8-4-5-11-23-17)9-10-16-19(18)24-21(29-16)25-20(28)13-6-2-3-7-14(13)22/h2-8,11H,9-10,22H2,1H3,(H,24,25,28). The summed E-state index contributed by atoms with van der Waals surface area (Å²) in [5, 5.41) is 8.17. The Bertz CT molecular complexity index is 1230. The van der Waals surface area contributed by atoms with Crippen molar-refractivity contribution in [2.45, 2.75) is 19.8 Å². The summed E-state index contributed by atoms with van der Waals surface area (Å²) >= 11 is 1.51. The molecule has 29 heavy (non-hydrogen) atoms. The Balaban J connectivity index is 1.51. The average Bonchev–Trinajstić information content (AvgIpc) is 3.29. The van der Waals surface area contributed by atoms with E-state index < -0.39 is 0 Å². The van der Waals surface area contributed by atoms with Crippen LogP contribution in [0.5, 0.6) is 0 Å². The fourth-order valence-corrected chi connectivity index (χ4v) is 4.62.